The lowest BCUT2D eigenvalue weighted by Gasteiger charge is -2.36. The number of aromatic hydroxyl groups is 1. The van der Waals surface area contributed by atoms with E-state index >= 15 is 0 Å². The molecular formula is C17H26Br2N2O2. The van der Waals surface area contributed by atoms with Gasteiger partial charge in [0.2, 0.25) is 0 Å². The van der Waals surface area contributed by atoms with Crippen LogP contribution < -0.4 is 10.1 Å². The highest BCUT2D eigenvalue weighted by Crippen LogP contribution is 2.45. The molecule has 1 saturated heterocycles. The Hall–Kier alpha value is -0.300. The van der Waals surface area contributed by atoms with Gasteiger partial charge in [0, 0.05) is 36.7 Å². The van der Waals surface area contributed by atoms with Crippen molar-refractivity contribution in [2.24, 2.45) is 0 Å². The lowest BCUT2D eigenvalue weighted by molar-refractivity contribution is 0.162. The number of nitrogens with one attached hydrogen (secondary N) is 1. The van der Waals surface area contributed by atoms with Crippen molar-refractivity contribution in [2.75, 3.05) is 33.3 Å². The largest absolute Gasteiger partial charge is 0.503 e. The van der Waals surface area contributed by atoms with Gasteiger partial charge in [-0.15, -0.1) is 0 Å². The van der Waals surface area contributed by atoms with Gasteiger partial charge in [-0.25, -0.2) is 0 Å². The maximum atomic E-state index is 10.2. The van der Waals surface area contributed by atoms with Gasteiger partial charge in [0.05, 0.1) is 11.6 Å². The summed E-state index contributed by atoms with van der Waals surface area (Å²) in [5.74, 6) is 0.668. The molecule has 0 aromatic heterocycles. The van der Waals surface area contributed by atoms with Crippen LogP contribution in [0.25, 0.3) is 0 Å². The molecule has 2 N–H and O–H groups in total. The molecule has 23 heavy (non-hydrogen) atoms. The number of hydrogen-bond acceptors (Lipinski definition) is 4. The number of unbranched alkanes of at least 4 members (excludes halogenated alkanes) is 2. The topological polar surface area (TPSA) is 44.7 Å². The summed E-state index contributed by atoms with van der Waals surface area (Å²) in [6.07, 6.45) is 4.79. The van der Waals surface area contributed by atoms with E-state index < -0.39 is 0 Å². The van der Waals surface area contributed by atoms with Crippen LogP contribution in [0.15, 0.2) is 15.0 Å². The number of piperazine rings is 1. The average molecular weight is 450 g/mol. The number of phenols is 1. The van der Waals surface area contributed by atoms with Crippen LogP contribution in [0.4, 0.5) is 0 Å². The van der Waals surface area contributed by atoms with E-state index in [4.69, 9.17) is 4.74 Å². The van der Waals surface area contributed by atoms with Gasteiger partial charge >= 0.3 is 0 Å². The number of methoxy groups -OCH3 is 1. The number of benzene rings is 1. The van der Waals surface area contributed by atoms with Gasteiger partial charge in [-0.1, -0.05) is 26.2 Å². The Morgan fingerprint density at radius 3 is 2.57 bits per heavy atom. The zero-order valence-electron chi connectivity index (χ0n) is 13.9. The van der Waals surface area contributed by atoms with E-state index in [1.165, 1.54) is 24.8 Å². The summed E-state index contributed by atoms with van der Waals surface area (Å²) in [4.78, 5) is 2.54. The van der Waals surface area contributed by atoms with E-state index in [1.807, 2.05) is 6.07 Å². The fourth-order valence-corrected chi connectivity index (χ4v) is 4.12. The Labute approximate surface area is 155 Å². The van der Waals surface area contributed by atoms with E-state index in [9.17, 15) is 5.11 Å². The second-order valence-corrected chi connectivity index (χ2v) is 7.53. The van der Waals surface area contributed by atoms with Crippen molar-refractivity contribution < 1.29 is 9.84 Å². The van der Waals surface area contributed by atoms with Crippen molar-refractivity contribution in [1.29, 1.82) is 0 Å². The molecule has 1 aromatic rings. The third-order valence-corrected chi connectivity index (χ3v) is 6.58. The standard InChI is InChI=1S/C17H26Br2N2O2/c1-3-4-5-6-13(21-9-7-20-8-10-21)12-11-14(23-2)17(22)16(19)15(12)18/h11,13,20,22H,3-10H2,1-2H3/t13-/m1/s1. The third kappa shape index (κ3) is 4.62. The second-order valence-electron chi connectivity index (χ2n) is 5.94. The molecule has 0 amide bonds. The monoisotopic (exact) mass is 448 g/mol. The molecule has 6 heteroatoms. The number of rotatable bonds is 7. The lowest BCUT2D eigenvalue weighted by atomic mass is 9.97. The summed E-state index contributed by atoms with van der Waals surface area (Å²) in [5, 5.41) is 13.6. The van der Waals surface area contributed by atoms with E-state index in [-0.39, 0.29) is 5.75 Å². The molecule has 0 aliphatic carbocycles. The van der Waals surface area contributed by atoms with Gasteiger partial charge in [0.1, 0.15) is 0 Å². The first kappa shape index (κ1) is 19.0. The number of nitrogens with zero attached hydrogens (tertiary/aromatic N) is 1. The zero-order valence-corrected chi connectivity index (χ0v) is 17.0. The average Bonchev–Trinajstić information content (AvgIpc) is 2.58. The van der Waals surface area contributed by atoms with Gasteiger partial charge in [-0.2, -0.15) is 0 Å². The molecule has 1 aliphatic rings. The summed E-state index contributed by atoms with van der Waals surface area (Å²) < 4.78 is 6.95. The van der Waals surface area contributed by atoms with Crippen LogP contribution in [0, 0.1) is 0 Å². The van der Waals surface area contributed by atoms with Gasteiger partial charge in [0.15, 0.2) is 11.5 Å². The van der Waals surface area contributed by atoms with Crippen LogP contribution in [-0.2, 0) is 0 Å². The summed E-state index contributed by atoms with van der Waals surface area (Å²) >= 11 is 7.15. The predicted molar refractivity (Wildman–Crippen MR) is 101 cm³/mol. The number of phenolic OH excluding ortho intramolecular Hbond substituents is 1. The highest BCUT2D eigenvalue weighted by atomic mass is 79.9. The van der Waals surface area contributed by atoms with E-state index in [0.717, 1.165) is 37.1 Å². The molecule has 1 aromatic carbocycles. The molecule has 2 rings (SSSR count). The summed E-state index contributed by atoms with van der Waals surface area (Å²) in [7, 11) is 1.59. The molecule has 0 spiro atoms. The summed E-state index contributed by atoms with van der Waals surface area (Å²) in [5.41, 5.74) is 1.18. The Kier molecular flexibility index (Phi) is 7.66. The molecule has 1 fully saturated rings. The number of hydrogen-bond donors (Lipinski definition) is 2. The first-order chi connectivity index (χ1) is 11.1. The summed E-state index contributed by atoms with van der Waals surface area (Å²) in [6.45, 7) is 6.38. The first-order valence-electron chi connectivity index (χ1n) is 8.29. The minimum atomic E-state index is 0.149. The molecule has 1 heterocycles. The van der Waals surface area contributed by atoms with E-state index in [2.05, 4.69) is 49.0 Å². The minimum Gasteiger partial charge on any atom is -0.503 e. The predicted octanol–water partition coefficient (Wildman–Crippen LogP) is 4.45. The van der Waals surface area contributed by atoms with Gasteiger partial charge in [-0.3, -0.25) is 4.90 Å². The van der Waals surface area contributed by atoms with Gasteiger partial charge in [0.25, 0.3) is 0 Å². The van der Waals surface area contributed by atoms with E-state index in [1.54, 1.807) is 7.11 Å². The zero-order chi connectivity index (χ0) is 16.8. The van der Waals surface area contributed by atoms with Gasteiger partial charge in [-0.05, 0) is 49.9 Å². The highest BCUT2D eigenvalue weighted by molar-refractivity contribution is 9.13. The Morgan fingerprint density at radius 1 is 1.26 bits per heavy atom. The normalized spacial score (nSPS) is 17.2. The van der Waals surface area contributed by atoms with Crippen molar-refractivity contribution in [2.45, 2.75) is 38.6 Å². The molecule has 0 bridgehead atoms. The third-order valence-electron chi connectivity index (χ3n) is 4.43. The molecule has 1 atom stereocenters. The van der Waals surface area contributed by atoms with Crippen molar-refractivity contribution in [3.8, 4) is 11.5 Å². The molecule has 0 unspecified atom stereocenters. The van der Waals surface area contributed by atoms with Crippen molar-refractivity contribution >= 4 is 31.9 Å². The van der Waals surface area contributed by atoms with Crippen LogP contribution in [-0.4, -0.2) is 43.3 Å². The molecular weight excluding hydrogens is 424 g/mol. The van der Waals surface area contributed by atoms with Crippen LogP contribution >= 0.6 is 31.9 Å². The number of halogens is 2. The quantitative estimate of drug-likeness (QED) is 0.603. The maximum Gasteiger partial charge on any atom is 0.173 e. The Morgan fingerprint density at radius 2 is 1.96 bits per heavy atom. The molecule has 4 nitrogen and oxygen atoms in total. The fourth-order valence-electron chi connectivity index (χ4n) is 3.13. The Balaban J connectivity index is 2.34. The SMILES string of the molecule is CCCCC[C@H](c1cc(OC)c(O)c(Br)c1Br)N1CCNCC1. The lowest BCUT2D eigenvalue weighted by Crippen LogP contribution is -2.45. The first-order valence-corrected chi connectivity index (χ1v) is 9.88. The fraction of sp³-hybridized carbons (Fsp3) is 0.647. The highest BCUT2D eigenvalue weighted by Gasteiger charge is 2.26. The van der Waals surface area contributed by atoms with Crippen molar-refractivity contribution in [1.82, 2.24) is 10.2 Å². The van der Waals surface area contributed by atoms with Crippen molar-refractivity contribution in [3.63, 3.8) is 0 Å². The molecule has 0 radical (unpaired) electrons. The van der Waals surface area contributed by atoms with Crippen LogP contribution in [0.5, 0.6) is 11.5 Å². The van der Waals surface area contributed by atoms with Gasteiger partial charge < -0.3 is 15.2 Å². The number of ether oxygens (including phenoxy) is 1. The maximum absolute atomic E-state index is 10.2. The minimum absolute atomic E-state index is 0.149. The molecule has 130 valence electrons. The molecule has 0 saturated carbocycles. The van der Waals surface area contributed by atoms with Crippen LogP contribution in [0.2, 0.25) is 0 Å². The molecule has 1 aliphatic heterocycles. The smallest absolute Gasteiger partial charge is 0.173 e. The summed E-state index contributed by atoms with van der Waals surface area (Å²) in [6, 6.07) is 2.31. The van der Waals surface area contributed by atoms with Crippen molar-refractivity contribution in [3.05, 3.63) is 20.6 Å². The van der Waals surface area contributed by atoms with Crippen LogP contribution in [0.3, 0.4) is 0 Å². The Bertz CT molecular complexity index is 520. The second kappa shape index (κ2) is 9.25. The van der Waals surface area contributed by atoms with Crippen LogP contribution in [0.1, 0.15) is 44.2 Å². The van der Waals surface area contributed by atoms with E-state index in [0.29, 0.717) is 16.3 Å².